The second kappa shape index (κ2) is 10.8. The Bertz CT molecular complexity index is 314. The summed E-state index contributed by atoms with van der Waals surface area (Å²) in [5.41, 5.74) is -1.06. The molecule has 2 unspecified atom stereocenters. The van der Waals surface area contributed by atoms with Gasteiger partial charge in [0.25, 0.3) is 0 Å². The van der Waals surface area contributed by atoms with E-state index in [4.69, 9.17) is 9.47 Å². The van der Waals surface area contributed by atoms with Gasteiger partial charge in [0, 0.05) is 13.0 Å². The summed E-state index contributed by atoms with van der Waals surface area (Å²) < 4.78 is 11.1. The van der Waals surface area contributed by atoms with Gasteiger partial charge in [-0.1, -0.05) is 34.1 Å². The summed E-state index contributed by atoms with van der Waals surface area (Å²) >= 11 is 0. The molecule has 0 bridgehead atoms. The van der Waals surface area contributed by atoms with Crippen LogP contribution in [-0.4, -0.2) is 30.6 Å². The van der Waals surface area contributed by atoms with Crippen molar-refractivity contribution < 1.29 is 19.1 Å². The van der Waals surface area contributed by atoms with Gasteiger partial charge in [0.15, 0.2) is 5.78 Å². The molecule has 21 heavy (non-hydrogen) atoms. The third-order valence-corrected chi connectivity index (χ3v) is 3.72. The van der Waals surface area contributed by atoms with Gasteiger partial charge in [0.1, 0.15) is 5.60 Å². The highest BCUT2D eigenvalue weighted by Gasteiger charge is 2.45. The minimum atomic E-state index is -1.06. The van der Waals surface area contributed by atoms with E-state index >= 15 is 0 Å². The number of ether oxygens (including phenoxy) is 2. The monoisotopic (exact) mass is 300 g/mol. The zero-order chi connectivity index (χ0) is 16.3. The summed E-state index contributed by atoms with van der Waals surface area (Å²) in [5.74, 6) is -0.833. The van der Waals surface area contributed by atoms with Gasteiger partial charge in [-0.15, -0.1) is 0 Å². The Balaban J connectivity index is 5.12. The minimum absolute atomic E-state index is 0.0121. The van der Waals surface area contributed by atoms with Crippen molar-refractivity contribution in [2.75, 3.05) is 13.2 Å². The van der Waals surface area contributed by atoms with E-state index in [9.17, 15) is 9.59 Å². The Kier molecular flexibility index (Phi) is 10.3. The fraction of sp³-hybridized carbons (Fsp3) is 0.882. The normalized spacial score (nSPS) is 15.3. The van der Waals surface area contributed by atoms with Gasteiger partial charge in [-0.2, -0.15) is 0 Å². The van der Waals surface area contributed by atoms with E-state index in [0.717, 1.165) is 25.7 Å². The molecular formula is C17H32O4. The molecule has 0 aliphatic carbocycles. The summed E-state index contributed by atoms with van der Waals surface area (Å²) in [6.45, 7) is 10.5. The molecule has 4 nitrogen and oxygen atoms in total. The number of rotatable bonds is 12. The van der Waals surface area contributed by atoms with Crippen molar-refractivity contribution in [2.45, 2.75) is 78.7 Å². The SMILES string of the molecule is CCCCC(=O)C(C)(OCCC)C(CC)C(=O)OCCC. The third-order valence-electron chi connectivity index (χ3n) is 3.72. The Hall–Kier alpha value is -0.900. The topological polar surface area (TPSA) is 52.6 Å². The summed E-state index contributed by atoms with van der Waals surface area (Å²) in [4.78, 5) is 24.8. The van der Waals surface area contributed by atoms with Gasteiger partial charge in [-0.25, -0.2) is 0 Å². The number of hydrogen-bond donors (Lipinski definition) is 0. The van der Waals surface area contributed by atoms with E-state index in [2.05, 4.69) is 0 Å². The van der Waals surface area contributed by atoms with Crippen molar-refractivity contribution in [2.24, 2.45) is 5.92 Å². The average molecular weight is 300 g/mol. The molecule has 0 aliphatic heterocycles. The van der Waals surface area contributed by atoms with Crippen LogP contribution in [0.25, 0.3) is 0 Å². The van der Waals surface area contributed by atoms with Crippen LogP contribution >= 0.6 is 0 Å². The maximum Gasteiger partial charge on any atom is 0.312 e. The van der Waals surface area contributed by atoms with Gasteiger partial charge < -0.3 is 9.47 Å². The first-order valence-corrected chi connectivity index (χ1v) is 8.31. The molecular weight excluding hydrogens is 268 g/mol. The van der Waals surface area contributed by atoms with Gasteiger partial charge >= 0.3 is 5.97 Å². The molecule has 0 saturated heterocycles. The standard InChI is InChI=1S/C17H32O4/c1-6-10-11-15(18)17(5,21-13-8-3)14(9-4)16(19)20-12-7-2/h14H,6-13H2,1-5H3. The van der Waals surface area contributed by atoms with Crippen LogP contribution in [0.3, 0.4) is 0 Å². The second-order valence-corrected chi connectivity index (χ2v) is 5.61. The quantitative estimate of drug-likeness (QED) is 0.513. The molecule has 124 valence electrons. The first kappa shape index (κ1) is 20.1. The van der Waals surface area contributed by atoms with Crippen molar-refractivity contribution in [3.05, 3.63) is 0 Å². The molecule has 0 saturated carbocycles. The number of esters is 1. The molecule has 0 heterocycles. The van der Waals surface area contributed by atoms with Crippen molar-refractivity contribution in [1.29, 1.82) is 0 Å². The Morgan fingerprint density at radius 1 is 1.00 bits per heavy atom. The first-order chi connectivity index (χ1) is 9.97. The van der Waals surface area contributed by atoms with Crippen molar-refractivity contribution >= 4 is 11.8 Å². The molecule has 0 N–H and O–H groups in total. The number of carbonyl (C=O) groups is 2. The van der Waals surface area contributed by atoms with Gasteiger partial charge in [-0.05, 0) is 32.6 Å². The summed E-state index contributed by atoms with van der Waals surface area (Å²) in [6.07, 6.45) is 4.36. The van der Waals surface area contributed by atoms with Crippen LogP contribution in [0.4, 0.5) is 0 Å². The largest absolute Gasteiger partial charge is 0.465 e. The van der Waals surface area contributed by atoms with Gasteiger partial charge in [0.05, 0.1) is 12.5 Å². The van der Waals surface area contributed by atoms with Crippen LogP contribution in [0.1, 0.15) is 73.1 Å². The first-order valence-electron chi connectivity index (χ1n) is 8.31. The van der Waals surface area contributed by atoms with Crippen LogP contribution < -0.4 is 0 Å². The minimum Gasteiger partial charge on any atom is -0.465 e. The van der Waals surface area contributed by atoms with E-state index in [-0.39, 0.29) is 11.8 Å². The Morgan fingerprint density at radius 2 is 1.62 bits per heavy atom. The maximum atomic E-state index is 12.6. The fourth-order valence-electron chi connectivity index (χ4n) is 2.36. The lowest BCUT2D eigenvalue weighted by molar-refractivity contribution is -0.171. The number of carbonyl (C=O) groups excluding carboxylic acids is 2. The van der Waals surface area contributed by atoms with Gasteiger partial charge in [-0.3, -0.25) is 9.59 Å². The number of unbranched alkanes of at least 4 members (excludes halogenated alkanes) is 1. The highest BCUT2D eigenvalue weighted by molar-refractivity contribution is 5.92. The van der Waals surface area contributed by atoms with Gasteiger partial charge in [0.2, 0.25) is 0 Å². The predicted octanol–water partition coefficient (Wildman–Crippen LogP) is 3.91. The molecule has 4 heteroatoms. The molecule has 0 aromatic rings. The molecule has 0 aliphatic rings. The van der Waals surface area contributed by atoms with Crippen LogP contribution in [0.15, 0.2) is 0 Å². The maximum absolute atomic E-state index is 12.6. The summed E-state index contributed by atoms with van der Waals surface area (Å²) in [6, 6.07) is 0. The van der Waals surface area contributed by atoms with Crippen molar-refractivity contribution in [1.82, 2.24) is 0 Å². The van der Waals surface area contributed by atoms with E-state index in [0.29, 0.717) is 26.1 Å². The summed E-state index contributed by atoms with van der Waals surface area (Å²) in [5, 5.41) is 0. The second-order valence-electron chi connectivity index (χ2n) is 5.61. The van der Waals surface area contributed by atoms with Crippen LogP contribution in [0, 0.1) is 5.92 Å². The molecule has 0 radical (unpaired) electrons. The number of hydrogen-bond acceptors (Lipinski definition) is 4. The highest BCUT2D eigenvalue weighted by Crippen LogP contribution is 2.29. The van der Waals surface area contributed by atoms with Crippen LogP contribution in [0.5, 0.6) is 0 Å². The lowest BCUT2D eigenvalue weighted by Crippen LogP contribution is -2.49. The highest BCUT2D eigenvalue weighted by atomic mass is 16.5. The Labute approximate surface area is 129 Å². The van der Waals surface area contributed by atoms with E-state index in [1.807, 2.05) is 27.7 Å². The zero-order valence-corrected chi connectivity index (χ0v) is 14.4. The van der Waals surface area contributed by atoms with E-state index in [1.165, 1.54) is 0 Å². The molecule has 0 fully saturated rings. The Morgan fingerprint density at radius 3 is 2.10 bits per heavy atom. The fourth-order valence-corrected chi connectivity index (χ4v) is 2.36. The van der Waals surface area contributed by atoms with E-state index in [1.54, 1.807) is 6.92 Å². The molecule has 0 aromatic carbocycles. The van der Waals surface area contributed by atoms with Crippen molar-refractivity contribution in [3.63, 3.8) is 0 Å². The predicted molar refractivity (Wildman–Crippen MR) is 84.2 cm³/mol. The molecule has 0 spiro atoms. The summed E-state index contributed by atoms with van der Waals surface area (Å²) in [7, 11) is 0. The molecule has 0 aromatic heterocycles. The number of Topliss-reactive ketones (excluding diaryl/α,β-unsaturated/α-hetero) is 1. The zero-order valence-electron chi connectivity index (χ0n) is 14.4. The lowest BCUT2D eigenvalue weighted by atomic mass is 9.81. The molecule has 2 atom stereocenters. The lowest BCUT2D eigenvalue weighted by Gasteiger charge is -2.34. The third kappa shape index (κ3) is 6.16. The smallest absolute Gasteiger partial charge is 0.312 e. The van der Waals surface area contributed by atoms with E-state index < -0.39 is 11.5 Å². The molecule has 0 amide bonds. The number of ketones is 1. The van der Waals surface area contributed by atoms with Crippen molar-refractivity contribution in [3.8, 4) is 0 Å². The average Bonchev–Trinajstić information content (AvgIpc) is 2.48. The van der Waals surface area contributed by atoms with Crippen LogP contribution in [-0.2, 0) is 19.1 Å². The molecule has 0 rings (SSSR count). The van der Waals surface area contributed by atoms with Crippen LogP contribution in [0.2, 0.25) is 0 Å².